The first-order chi connectivity index (χ1) is 7.33. The summed E-state index contributed by atoms with van der Waals surface area (Å²) in [6.45, 7) is 0. The molecule has 0 heterocycles. The highest BCUT2D eigenvalue weighted by atomic mass is 79.9. The topological polar surface area (TPSA) is 0 Å². The van der Waals surface area contributed by atoms with Crippen LogP contribution in [0.15, 0.2) is 65.1 Å². The molecule has 0 unspecified atom stereocenters. The molecule has 15 heavy (non-hydrogen) atoms. The van der Waals surface area contributed by atoms with E-state index in [0.717, 1.165) is 9.80 Å². The average molecular weight is 328 g/mol. The zero-order valence-corrected chi connectivity index (χ0v) is 11.4. The van der Waals surface area contributed by atoms with Crippen molar-refractivity contribution in [2.24, 2.45) is 0 Å². The van der Waals surface area contributed by atoms with E-state index in [0.29, 0.717) is 0 Å². The number of rotatable bonds is 1. The van der Waals surface area contributed by atoms with Gasteiger partial charge in [-0.3, -0.25) is 0 Å². The molecule has 0 aliphatic rings. The lowest BCUT2D eigenvalue weighted by molar-refractivity contribution is 1.44. The van der Waals surface area contributed by atoms with E-state index < -0.39 is 0 Å². The summed E-state index contributed by atoms with van der Waals surface area (Å²) in [4.78, 5) is 0. The summed E-state index contributed by atoms with van der Waals surface area (Å²) in [6.07, 6.45) is 0. The predicted molar refractivity (Wildman–Crippen MR) is 73.2 cm³/mol. The van der Waals surface area contributed by atoms with Crippen LogP contribution in [-0.2, 0) is 5.33 Å². The van der Waals surface area contributed by atoms with Gasteiger partial charge in [0.1, 0.15) is 0 Å². The van der Waals surface area contributed by atoms with Gasteiger partial charge in [0.25, 0.3) is 0 Å². The van der Waals surface area contributed by atoms with Gasteiger partial charge in [0, 0.05) is 9.80 Å². The van der Waals surface area contributed by atoms with Crippen LogP contribution in [0.1, 0.15) is 5.56 Å². The molecule has 2 aromatic carbocycles. The largest absolute Gasteiger partial charge is 0.0876 e. The second-order valence-electron chi connectivity index (χ2n) is 2.91. The molecule has 78 valence electrons. The van der Waals surface area contributed by atoms with Crippen molar-refractivity contribution >= 4 is 31.9 Å². The second kappa shape index (κ2) is 7.66. The van der Waals surface area contributed by atoms with Gasteiger partial charge in [-0.25, -0.2) is 0 Å². The molecule has 0 spiro atoms. The molecule has 2 rings (SSSR count). The highest BCUT2D eigenvalue weighted by Crippen LogP contribution is 2.05. The average Bonchev–Trinajstić information content (AvgIpc) is 2.32. The van der Waals surface area contributed by atoms with Gasteiger partial charge in [0.15, 0.2) is 0 Å². The van der Waals surface area contributed by atoms with Gasteiger partial charge in [-0.05, 0) is 17.7 Å². The summed E-state index contributed by atoms with van der Waals surface area (Å²) in [6, 6.07) is 20.3. The molecule has 0 saturated heterocycles. The fourth-order valence-electron chi connectivity index (χ4n) is 0.982. The minimum atomic E-state index is 0.952. The van der Waals surface area contributed by atoms with Crippen molar-refractivity contribution < 1.29 is 0 Å². The van der Waals surface area contributed by atoms with Crippen LogP contribution >= 0.6 is 31.9 Å². The Morgan fingerprint density at radius 3 is 1.47 bits per heavy atom. The molecule has 0 aliphatic carbocycles. The Morgan fingerprint density at radius 2 is 1.20 bits per heavy atom. The summed E-state index contributed by atoms with van der Waals surface area (Å²) in [5.41, 5.74) is 1.33. The zero-order valence-electron chi connectivity index (χ0n) is 8.24. The van der Waals surface area contributed by atoms with Crippen LogP contribution in [0.3, 0.4) is 0 Å². The molecule has 0 amide bonds. The second-order valence-corrected chi connectivity index (χ2v) is 4.39. The molecule has 0 fully saturated rings. The van der Waals surface area contributed by atoms with E-state index in [2.05, 4.69) is 44.0 Å². The highest BCUT2D eigenvalue weighted by Gasteiger charge is 1.81. The molecule has 2 heteroatoms. The van der Waals surface area contributed by atoms with Crippen LogP contribution in [0.2, 0.25) is 0 Å². The van der Waals surface area contributed by atoms with E-state index in [1.807, 2.05) is 48.5 Å². The van der Waals surface area contributed by atoms with Gasteiger partial charge in [-0.2, -0.15) is 0 Å². The predicted octanol–water partition coefficient (Wildman–Crippen LogP) is 5.03. The molecule has 0 radical (unpaired) electrons. The molecule has 0 saturated carbocycles. The maximum absolute atomic E-state index is 3.36. The summed E-state index contributed by atoms with van der Waals surface area (Å²) >= 11 is 6.67. The van der Waals surface area contributed by atoms with Crippen LogP contribution in [0, 0.1) is 0 Å². The Hall–Kier alpha value is -0.600. The monoisotopic (exact) mass is 326 g/mol. The lowest BCUT2D eigenvalue weighted by Crippen LogP contribution is -1.70. The van der Waals surface area contributed by atoms with Crippen LogP contribution in [0.4, 0.5) is 0 Å². The zero-order chi connectivity index (χ0) is 10.9. The minimum absolute atomic E-state index is 0.952. The number of hydrogen-bond acceptors (Lipinski definition) is 0. The van der Waals surface area contributed by atoms with Gasteiger partial charge in [0.2, 0.25) is 0 Å². The molecular weight excluding hydrogens is 316 g/mol. The maximum atomic E-state index is 3.36. The lowest BCUT2D eigenvalue weighted by atomic mass is 10.2. The minimum Gasteiger partial charge on any atom is -0.0876 e. The van der Waals surface area contributed by atoms with E-state index in [1.54, 1.807) is 0 Å². The van der Waals surface area contributed by atoms with Gasteiger partial charge in [0.05, 0.1) is 0 Å². The molecular formula is C13H12Br2. The first-order valence-corrected chi connectivity index (χ1v) is 6.55. The molecule has 2 aromatic rings. The van der Waals surface area contributed by atoms with E-state index in [1.165, 1.54) is 5.56 Å². The van der Waals surface area contributed by atoms with Crippen LogP contribution in [-0.4, -0.2) is 0 Å². The van der Waals surface area contributed by atoms with Gasteiger partial charge in [-0.15, -0.1) is 0 Å². The number of alkyl halides is 1. The Labute approximate surface area is 108 Å². The number of halogens is 2. The molecule has 0 aromatic heterocycles. The fraction of sp³-hybridized carbons (Fsp3) is 0.0769. The summed E-state index contributed by atoms with van der Waals surface area (Å²) < 4.78 is 1.13. The molecule has 0 aliphatic heterocycles. The quantitative estimate of drug-likeness (QED) is 0.644. The highest BCUT2D eigenvalue weighted by molar-refractivity contribution is 9.10. The normalized spacial score (nSPS) is 8.93. The van der Waals surface area contributed by atoms with Gasteiger partial charge < -0.3 is 0 Å². The van der Waals surface area contributed by atoms with Crippen molar-refractivity contribution in [3.63, 3.8) is 0 Å². The maximum Gasteiger partial charge on any atom is 0.0283 e. The van der Waals surface area contributed by atoms with E-state index in [-0.39, 0.29) is 0 Å². The van der Waals surface area contributed by atoms with Crippen molar-refractivity contribution in [2.45, 2.75) is 5.33 Å². The van der Waals surface area contributed by atoms with Crippen molar-refractivity contribution in [1.82, 2.24) is 0 Å². The lowest BCUT2D eigenvalue weighted by Gasteiger charge is -1.88. The van der Waals surface area contributed by atoms with E-state index in [9.17, 15) is 0 Å². The Balaban J connectivity index is 0.000000151. The van der Waals surface area contributed by atoms with E-state index in [4.69, 9.17) is 0 Å². The van der Waals surface area contributed by atoms with Crippen molar-refractivity contribution in [2.75, 3.05) is 0 Å². The number of benzene rings is 2. The van der Waals surface area contributed by atoms with E-state index >= 15 is 0 Å². The van der Waals surface area contributed by atoms with Crippen molar-refractivity contribution in [3.05, 3.63) is 70.7 Å². The molecule has 0 bridgehead atoms. The van der Waals surface area contributed by atoms with Crippen LogP contribution in [0.5, 0.6) is 0 Å². The Bertz CT molecular complexity index is 357. The summed E-state index contributed by atoms with van der Waals surface area (Å²) in [5.74, 6) is 0. The molecule has 0 N–H and O–H groups in total. The first-order valence-electron chi connectivity index (χ1n) is 4.63. The van der Waals surface area contributed by atoms with Crippen molar-refractivity contribution in [1.29, 1.82) is 0 Å². The number of hydrogen-bond donors (Lipinski definition) is 0. The third-order valence-corrected chi connectivity index (χ3v) is 2.91. The molecule has 0 atom stereocenters. The van der Waals surface area contributed by atoms with Gasteiger partial charge >= 0.3 is 0 Å². The Kier molecular flexibility index (Phi) is 6.37. The third-order valence-electron chi connectivity index (χ3n) is 1.73. The van der Waals surface area contributed by atoms with Crippen LogP contribution in [0.25, 0.3) is 0 Å². The fourth-order valence-corrected chi connectivity index (χ4v) is 1.66. The van der Waals surface area contributed by atoms with Crippen molar-refractivity contribution in [3.8, 4) is 0 Å². The third kappa shape index (κ3) is 5.75. The summed E-state index contributed by atoms with van der Waals surface area (Å²) in [7, 11) is 0. The standard InChI is InChI=1S/C7H7Br.C6H5Br/c8-6-7-4-2-1-3-5-7;7-6-4-2-1-3-5-6/h1-5H,6H2;1-5H. The smallest absolute Gasteiger partial charge is 0.0283 e. The van der Waals surface area contributed by atoms with Gasteiger partial charge in [-0.1, -0.05) is 80.4 Å². The Morgan fingerprint density at radius 1 is 0.733 bits per heavy atom. The molecule has 0 nitrogen and oxygen atoms in total. The van der Waals surface area contributed by atoms with Crippen LogP contribution < -0.4 is 0 Å². The SMILES string of the molecule is BrCc1ccccc1.Brc1ccccc1. The summed E-state index contributed by atoms with van der Waals surface area (Å²) in [5, 5.41) is 0.952. The first kappa shape index (κ1) is 12.5.